The van der Waals surface area contributed by atoms with Crippen LogP contribution in [0, 0.1) is 0 Å². The van der Waals surface area contributed by atoms with E-state index in [-0.39, 0.29) is 12.7 Å². The number of rotatable bonds is 2. The molecular weight excluding hydrogens is 156 g/mol. The van der Waals surface area contributed by atoms with Crippen molar-refractivity contribution in [3.05, 3.63) is 11.6 Å². The second-order valence-electron chi connectivity index (χ2n) is 3.54. The van der Waals surface area contributed by atoms with E-state index in [9.17, 15) is 0 Å². The summed E-state index contributed by atoms with van der Waals surface area (Å²) < 4.78 is 10.9. The predicted molar refractivity (Wildman–Crippen MR) is 45.7 cm³/mol. The Labute approximate surface area is 73.0 Å². The molecular formula is C9H16O3. The fourth-order valence-electron chi connectivity index (χ4n) is 1.17. The maximum atomic E-state index is 8.76. The number of aliphatic hydroxyl groups excluding tert-OH is 1. The van der Waals surface area contributed by atoms with Crippen LogP contribution in [0.5, 0.6) is 0 Å². The smallest absolute Gasteiger partial charge is 0.163 e. The van der Waals surface area contributed by atoms with E-state index in [0.717, 1.165) is 5.57 Å². The van der Waals surface area contributed by atoms with Gasteiger partial charge in [-0.2, -0.15) is 0 Å². The van der Waals surface area contributed by atoms with Crippen molar-refractivity contribution < 1.29 is 14.6 Å². The summed E-state index contributed by atoms with van der Waals surface area (Å²) in [4.78, 5) is 0. The zero-order valence-electron chi connectivity index (χ0n) is 7.83. The monoisotopic (exact) mass is 172 g/mol. The molecule has 1 atom stereocenters. The van der Waals surface area contributed by atoms with Gasteiger partial charge >= 0.3 is 0 Å². The lowest BCUT2D eigenvalue weighted by Gasteiger charge is -2.15. The van der Waals surface area contributed by atoms with Crippen LogP contribution >= 0.6 is 0 Å². The van der Waals surface area contributed by atoms with E-state index in [1.807, 2.05) is 26.8 Å². The summed E-state index contributed by atoms with van der Waals surface area (Å²) in [5.41, 5.74) is 0.918. The Morgan fingerprint density at radius 2 is 2.33 bits per heavy atom. The van der Waals surface area contributed by atoms with E-state index in [0.29, 0.717) is 6.61 Å². The standard InChI is InChI=1S/C9H16O3/c1-7(5-10)4-8-6-11-9(2,3)12-8/h4,8,10H,5-6H2,1-3H3/b7-4+/t8-/m1/s1. The van der Waals surface area contributed by atoms with Gasteiger partial charge in [0.05, 0.1) is 13.2 Å². The van der Waals surface area contributed by atoms with E-state index < -0.39 is 5.79 Å². The van der Waals surface area contributed by atoms with Crippen molar-refractivity contribution >= 4 is 0 Å². The van der Waals surface area contributed by atoms with Crippen molar-refractivity contribution in [3.63, 3.8) is 0 Å². The first-order chi connectivity index (χ1) is 5.53. The van der Waals surface area contributed by atoms with Gasteiger partial charge < -0.3 is 14.6 Å². The fourth-order valence-corrected chi connectivity index (χ4v) is 1.17. The summed E-state index contributed by atoms with van der Waals surface area (Å²) in [6.45, 7) is 6.30. The topological polar surface area (TPSA) is 38.7 Å². The van der Waals surface area contributed by atoms with E-state index in [2.05, 4.69) is 0 Å². The first-order valence-electron chi connectivity index (χ1n) is 4.13. The third kappa shape index (κ3) is 2.59. The molecule has 0 aliphatic carbocycles. The molecule has 3 nitrogen and oxygen atoms in total. The molecule has 0 bridgehead atoms. The highest BCUT2D eigenvalue weighted by atomic mass is 16.7. The zero-order chi connectivity index (χ0) is 9.19. The molecule has 1 heterocycles. The highest BCUT2D eigenvalue weighted by Crippen LogP contribution is 2.23. The average molecular weight is 172 g/mol. The second kappa shape index (κ2) is 3.56. The molecule has 0 unspecified atom stereocenters. The SMILES string of the molecule is C/C(=C\[C@@H]1COC(C)(C)O1)CO. The summed E-state index contributed by atoms with van der Waals surface area (Å²) in [6, 6.07) is 0. The minimum atomic E-state index is -0.475. The molecule has 1 aliphatic rings. The molecule has 1 rings (SSSR count). The summed E-state index contributed by atoms with van der Waals surface area (Å²) in [7, 11) is 0. The van der Waals surface area contributed by atoms with Gasteiger partial charge in [0.1, 0.15) is 6.10 Å². The van der Waals surface area contributed by atoms with Gasteiger partial charge in [-0.1, -0.05) is 6.08 Å². The van der Waals surface area contributed by atoms with Gasteiger partial charge in [0.25, 0.3) is 0 Å². The molecule has 0 radical (unpaired) electrons. The summed E-state index contributed by atoms with van der Waals surface area (Å²) in [6.07, 6.45) is 1.89. The Morgan fingerprint density at radius 1 is 1.67 bits per heavy atom. The molecule has 1 N–H and O–H groups in total. The quantitative estimate of drug-likeness (QED) is 0.633. The molecule has 0 aromatic carbocycles. The van der Waals surface area contributed by atoms with E-state index in [1.54, 1.807) is 0 Å². The zero-order valence-corrected chi connectivity index (χ0v) is 7.83. The first-order valence-corrected chi connectivity index (χ1v) is 4.13. The van der Waals surface area contributed by atoms with Gasteiger partial charge in [-0.05, 0) is 26.3 Å². The Bertz CT molecular complexity index is 184. The van der Waals surface area contributed by atoms with E-state index in [1.165, 1.54) is 0 Å². The van der Waals surface area contributed by atoms with Crippen LogP contribution in [0.25, 0.3) is 0 Å². The van der Waals surface area contributed by atoms with Crippen molar-refractivity contribution in [1.82, 2.24) is 0 Å². The lowest BCUT2D eigenvalue weighted by Crippen LogP contribution is -2.20. The van der Waals surface area contributed by atoms with Crippen LogP contribution in [0.1, 0.15) is 20.8 Å². The minimum Gasteiger partial charge on any atom is -0.392 e. The van der Waals surface area contributed by atoms with Crippen LogP contribution in [0.2, 0.25) is 0 Å². The van der Waals surface area contributed by atoms with Gasteiger partial charge in [-0.15, -0.1) is 0 Å². The Morgan fingerprint density at radius 3 is 2.75 bits per heavy atom. The van der Waals surface area contributed by atoms with Crippen molar-refractivity contribution in [3.8, 4) is 0 Å². The lowest BCUT2D eigenvalue weighted by atomic mass is 10.2. The number of ether oxygens (including phenoxy) is 2. The molecule has 1 saturated heterocycles. The Hall–Kier alpha value is -0.380. The molecule has 1 aliphatic heterocycles. The molecule has 0 aromatic heterocycles. The Balaban J connectivity index is 2.48. The first kappa shape index (κ1) is 9.71. The molecule has 3 heteroatoms. The highest BCUT2D eigenvalue weighted by molar-refractivity contribution is 5.03. The maximum Gasteiger partial charge on any atom is 0.163 e. The predicted octanol–water partition coefficient (Wildman–Crippen LogP) is 1.08. The van der Waals surface area contributed by atoms with Crippen molar-refractivity contribution in [2.75, 3.05) is 13.2 Å². The van der Waals surface area contributed by atoms with Crippen LogP contribution in [-0.4, -0.2) is 30.2 Å². The van der Waals surface area contributed by atoms with Crippen LogP contribution in [0.3, 0.4) is 0 Å². The number of aliphatic hydroxyl groups is 1. The summed E-state index contributed by atoms with van der Waals surface area (Å²) in [5.74, 6) is -0.475. The van der Waals surface area contributed by atoms with Crippen LogP contribution in [0.15, 0.2) is 11.6 Å². The number of hydrogen-bond acceptors (Lipinski definition) is 3. The van der Waals surface area contributed by atoms with Crippen molar-refractivity contribution in [2.24, 2.45) is 0 Å². The molecule has 0 amide bonds. The molecule has 1 fully saturated rings. The van der Waals surface area contributed by atoms with Crippen LogP contribution in [0.4, 0.5) is 0 Å². The maximum absolute atomic E-state index is 8.76. The van der Waals surface area contributed by atoms with Crippen molar-refractivity contribution in [1.29, 1.82) is 0 Å². The third-order valence-electron chi connectivity index (χ3n) is 1.75. The van der Waals surface area contributed by atoms with E-state index >= 15 is 0 Å². The number of hydrogen-bond donors (Lipinski definition) is 1. The molecule has 0 saturated carbocycles. The summed E-state index contributed by atoms with van der Waals surface area (Å²) >= 11 is 0. The van der Waals surface area contributed by atoms with Crippen LogP contribution in [-0.2, 0) is 9.47 Å². The molecule has 0 spiro atoms. The molecule has 70 valence electrons. The average Bonchev–Trinajstić information content (AvgIpc) is 2.30. The van der Waals surface area contributed by atoms with E-state index in [4.69, 9.17) is 14.6 Å². The van der Waals surface area contributed by atoms with Gasteiger partial charge in [0, 0.05) is 0 Å². The van der Waals surface area contributed by atoms with Crippen molar-refractivity contribution in [2.45, 2.75) is 32.7 Å². The third-order valence-corrected chi connectivity index (χ3v) is 1.75. The van der Waals surface area contributed by atoms with Gasteiger partial charge in [0.2, 0.25) is 0 Å². The second-order valence-corrected chi connectivity index (χ2v) is 3.54. The van der Waals surface area contributed by atoms with Gasteiger partial charge in [0.15, 0.2) is 5.79 Å². The lowest BCUT2D eigenvalue weighted by molar-refractivity contribution is -0.133. The fraction of sp³-hybridized carbons (Fsp3) is 0.778. The summed E-state index contributed by atoms with van der Waals surface area (Å²) in [5, 5.41) is 8.76. The Kier molecular flexibility index (Phi) is 2.88. The molecule has 0 aromatic rings. The molecule has 12 heavy (non-hydrogen) atoms. The highest BCUT2D eigenvalue weighted by Gasteiger charge is 2.31. The van der Waals surface area contributed by atoms with Gasteiger partial charge in [-0.25, -0.2) is 0 Å². The normalized spacial score (nSPS) is 29.3. The van der Waals surface area contributed by atoms with Gasteiger partial charge in [-0.3, -0.25) is 0 Å². The minimum absolute atomic E-state index is 0.00727. The largest absolute Gasteiger partial charge is 0.392 e. The van der Waals surface area contributed by atoms with Crippen LogP contribution < -0.4 is 0 Å².